The van der Waals surface area contributed by atoms with Crippen molar-refractivity contribution < 1.29 is 24.5 Å². The van der Waals surface area contributed by atoms with E-state index >= 15 is 0 Å². The Kier molecular flexibility index (Phi) is 11.8. The number of fused-ring (bicyclic) bond motifs is 3. The molecule has 0 spiro atoms. The van der Waals surface area contributed by atoms with Crippen molar-refractivity contribution in [1.29, 1.82) is 0 Å². The normalized spacial score (nSPS) is 11.8. The summed E-state index contributed by atoms with van der Waals surface area (Å²) in [7, 11) is -1.40. The summed E-state index contributed by atoms with van der Waals surface area (Å²) in [5.41, 5.74) is 9.45. The maximum Gasteiger partial charge on any atom is 0.216 e. The third kappa shape index (κ3) is 8.35. The monoisotopic (exact) mass is 818 g/mol. The number of hydrogen-bond donors (Lipinski definition) is 0. The molecule has 0 aliphatic heterocycles. The van der Waals surface area contributed by atoms with Crippen molar-refractivity contribution in [2.45, 2.75) is 86.4 Å². The van der Waals surface area contributed by atoms with Crippen LogP contribution in [0.2, 0.25) is 19.6 Å². The molecule has 0 saturated heterocycles. The first-order valence-electron chi connectivity index (χ1n) is 16.6. The molecule has 6 aromatic rings. The second-order valence-corrected chi connectivity index (χ2v) is 19.1. The van der Waals surface area contributed by atoms with Gasteiger partial charge in [0.1, 0.15) is 0 Å². The fourth-order valence-electron chi connectivity index (χ4n) is 5.83. The molecule has 4 aromatic heterocycles. The second-order valence-electron chi connectivity index (χ2n) is 14.1. The summed E-state index contributed by atoms with van der Waals surface area (Å²) in [5.74, 6) is 0.455. The van der Waals surface area contributed by atoms with Crippen molar-refractivity contribution in [2.75, 3.05) is 0 Å². The van der Waals surface area contributed by atoms with Crippen molar-refractivity contribution >= 4 is 35.3 Å². The van der Waals surface area contributed by atoms with E-state index in [2.05, 4.69) is 119 Å². The van der Waals surface area contributed by atoms with Gasteiger partial charge in [0.2, 0.25) is 5.71 Å². The van der Waals surface area contributed by atoms with Crippen LogP contribution in [-0.4, -0.2) is 23.0 Å². The number of pyridine rings is 3. The Hall–Kier alpha value is -3.44. The van der Waals surface area contributed by atoms with E-state index in [1.807, 2.05) is 43.5 Å². The van der Waals surface area contributed by atoms with Crippen LogP contribution in [0.15, 0.2) is 83.5 Å². The smallest absolute Gasteiger partial charge is 0.216 e. The molecule has 47 heavy (non-hydrogen) atoms. The maximum atomic E-state index is 6.04. The van der Waals surface area contributed by atoms with Crippen molar-refractivity contribution in [2.24, 2.45) is 5.41 Å². The molecule has 247 valence electrons. The molecule has 2 aromatic carbocycles. The van der Waals surface area contributed by atoms with E-state index in [9.17, 15) is 0 Å². The Balaban J connectivity index is 0.000000208. The van der Waals surface area contributed by atoms with E-state index in [-0.39, 0.29) is 20.1 Å². The van der Waals surface area contributed by atoms with Gasteiger partial charge in [0.15, 0.2) is 0 Å². The van der Waals surface area contributed by atoms with Gasteiger partial charge in [0.05, 0.1) is 13.7 Å². The van der Waals surface area contributed by atoms with E-state index in [0.717, 1.165) is 51.0 Å². The summed E-state index contributed by atoms with van der Waals surface area (Å²) in [4.78, 5) is 13.8. The summed E-state index contributed by atoms with van der Waals surface area (Å²) < 4.78 is 6.04. The van der Waals surface area contributed by atoms with Crippen LogP contribution < -0.4 is 5.19 Å². The molecule has 0 amide bonds. The van der Waals surface area contributed by atoms with Gasteiger partial charge in [-0.3, -0.25) is 0 Å². The molecule has 0 aliphatic rings. The van der Waals surface area contributed by atoms with Crippen LogP contribution in [0.25, 0.3) is 44.6 Å². The van der Waals surface area contributed by atoms with Gasteiger partial charge in [-0.05, 0) is 59.5 Å². The minimum absolute atomic E-state index is 0. The Bertz CT molecular complexity index is 1940. The zero-order valence-electron chi connectivity index (χ0n) is 29.3. The van der Waals surface area contributed by atoms with Crippen LogP contribution in [0.3, 0.4) is 0 Å². The molecular formula is C41H47IrN3OSi-2. The minimum atomic E-state index is -1.40. The number of furan rings is 1. The van der Waals surface area contributed by atoms with Gasteiger partial charge in [-0.15, -0.1) is 54.1 Å². The van der Waals surface area contributed by atoms with Crippen LogP contribution in [-0.2, 0) is 26.5 Å². The zero-order valence-corrected chi connectivity index (χ0v) is 32.7. The predicted octanol–water partition coefficient (Wildman–Crippen LogP) is 10.7. The summed E-state index contributed by atoms with van der Waals surface area (Å²) in [5, 5.41) is 3.59. The van der Waals surface area contributed by atoms with Crippen molar-refractivity contribution in [1.82, 2.24) is 15.0 Å². The molecule has 0 saturated carbocycles. The molecule has 0 unspecified atom stereocenters. The fraction of sp³-hybridized carbons (Fsp3) is 0.341. The second kappa shape index (κ2) is 15.2. The van der Waals surface area contributed by atoms with Gasteiger partial charge in [-0.2, -0.15) is 0 Å². The molecule has 0 atom stereocenters. The number of aryl methyl sites for hydroxylation is 1. The maximum absolute atomic E-state index is 6.04. The van der Waals surface area contributed by atoms with Gasteiger partial charge >= 0.3 is 0 Å². The summed E-state index contributed by atoms with van der Waals surface area (Å²) in [6.45, 7) is 20.6. The van der Waals surface area contributed by atoms with Gasteiger partial charge in [0.25, 0.3) is 0 Å². The van der Waals surface area contributed by atoms with Crippen LogP contribution in [0.4, 0.5) is 0 Å². The number of nitrogens with zero attached hydrogens (tertiary/aromatic N) is 3. The first-order valence-corrected chi connectivity index (χ1v) is 20.1. The largest absolute Gasteiger partial charge is 0.486 e. The Morgan fingerprint density at radius 2 is 1.64 bits per heavy atom. The molecule has 1 radical (unpaired) electrons. The number of rotatable bonds is 8. The Morgan fingerprint density at radius 1 is 0.872 bits per heavy atom. The molecule has 4 heterocycles. The van der Waals surface area contributed by atoms with Crippen LogP contribution in [0.5, 0.6) is 0 Å². The average molecular weight is 818 g/mol. The van der Waals surface area contributed by atoms with Gasteiger partial charge in [-0.25, -0.2) is 4.98 Å². The number of benzene rings is 2. The van der Waals surface area contributed by atoms with E-state index in [4.69, 9.17) is 9.40 Å². The first kappa shape index (κ1) is 36.4. The predicted molar refractivity (Wildman–Crippen MR) is 196 cm³/mol. The van der Waals surface area contributed by atoms with Crippen LogP contribution >= 0.6 is 0 Å². The third-order valence-electron chi connectivity index (χ3n) is 9.25. The van der Waals surface area contributed by atoms with Gasteiger partial charge in [0, 0.05) is 43.6 Å². The van der Waals surface area contributed by atoms with E-state index in [1.165, 1.54) is 29.2 Å². The molecule has 0 fully saturated rings. The minimum Gasteiger partial charge on any atom is -0.486 e. The zero-order chi connectivity index (χ0) is 33.1. The Labute approximate surface area is 295 Å². The molecular weight excluding hydrogens is 771 g/mol. The molecule has 0 bridgehead atoms. The van der Waals surface area contributed by atoms with Crippen molar-refractivity contribution in [3.8, 4) is 22.5 Å². The topological polar surface area (TPSA) is 51.8 Å². The van der Waals surface area contributed by atoms with Crippen LogP contribution in [0, 0.1) is 24.5 Å². The molecule has 6 heteroatoms. The van der Waals surface area contributed by atoms with E-state index < -0.39 is 8.07 Å². The average Bonchev–Trinajstić information content (AvgIpc) is 3.42. The van der Waals surface area contributed by atoms with Crippen molar-refractivity contribution in [3.63, 3.8) is 0 Å². The molecule has 0 N–H and O–H groups in total. The SMILES string of the molecule is CCC(C)(CC)Cc1cc(-c2[c-]cccc2)ncc1[Si](C)(C)C.Cc1ccc2c(n1)oc1c(-c3cc(C(C)C)ccn3)[c-]ccc12.[Ir]. The Morgan fingerprint density at radius 3 is 2.30 bits per heavy atom. The summed E-state index contributed by atoms with van der Waals surface area (Å²) in [6, 6.07) is 29.2. The molecule has 0 aliphatic carbocycles. The van der Waals surface area contributed by atoms with E-state index in [1.54, 1.807) is 0 Å². The first-order chi connectivity index (χ1) is 21.9. The molecule has 4 nitrogen and oxygen atoms in total. The van der Waals surface area contributed by atoms with Crippen molar-refractivity contribution in [3.05, 3.63) is 108 Å². The standard InChI is InChI=1S/C21H30NSi.C20H17N2O.Ir/c1-7-21(3,8-2)15-18-14-19(17-12-10-9-11-13-17)22-16-20(18)23(4,5)6;1-12(2)14-9-10-21-18(11-14)17-6-4-5-15-16-8-7-13(3)22-20(16)23-19(15)17;/h9-12,14,16H,7-8,15H2,1-6H3;4-5,7-12H,1-3H3;/q2*-1;. The quantitative estimate of drug-likeness (QED) is 0.113. The summed E-state index contributed by atoms with van der Waals surface area (Å²) in [6.07, 6.45) is 7.56. The van der Waals surface area contributed by atoms with Crippen LogP contribution in [0.1, 0.15) is 70.2 Å². The third-order valence-corrected chi connectivity index (χ3v) is 11.3. The fourth-order valence-corrected chi connectivity index (χ4v) is 7.40. The number of hydrogen-bond acceptors (Lipinski definition) is 4. The van der Waals surface area contributed by atoms with E-state index in [0.29, 0.717) is 17.0 Å². The van der Waals surface area contributed by atoms with Gasteiger partial charge < -0.3 is 14.4 Å². The van der Waals surface area contributed by atoms with Gasteiger partial charge in [-0.1, -0.05) is 101 Å². The summed E-state index contributed by atoms with van der Waals surface area (Å²) >= 11 is 0. The molecule has 6 rings (SSSR count). The number of aromatic nitrogens is 3.